The fraction of sp³-hybridized carbons (Fsp3) is 0.706. The van der Waals surface area contributed by atoms with E-state index in [0.29, 0.717) is 0 Å². The molecule has 1 saturated heterocycles. The van der Waals surface area contributed by atoms with Crippen LogP contribution in [0.25, 0.3) is 0 Å². The molecule has 1 unspecified atom stereocenters. The maximum atomic E-state index is 12.4. The van der Waals surface area contributed by atoms with Crippen molar-refractivity contribution in [2.24, 2.45) is 5.92 Å². The first kappa shape index (κ1) is 23.9. The molecule has 0 amide bonds. The van der Waals surface area contributed by atoms with Gasteiger partial charge in [0.1, 0.15) is 0 Å². The van der Waals surface area contributed by atoms with Crippen LogP contribution in [0.4, 0.5) is 5.95 Å². The van der Waals surface area contributed by atoms with Crippen LogP contribution in [0.5, 0.6) is 11.8 Å². The summed E-state index contributed by atoms with van der Waals surface area (Å²) in [5.74, 6) is -1.40. The zero-order valence-electron chi connectivity index (χ0n) is 17.0. The van der Waals surface area contributed by atoms with Crippen molar-refractivity contribution in [3.8, 4) is 11.8 Å². The number of piperidine rings is 1. The van der Waals surface area contributed by atoms with Gasteiger partial charge in [0.15, 0.2) is 5.25 Å². The highest BCUT2D eigenvalue weighted by atomic mass is 32.2. The van der Waals surface area contributed by atoms with Gasteiger partial charge in [0.05, 0.1) is 27.4 Å². The molecule has 160 valence electrons. The van der Waals surface area contributed by atoms with Gasteiger partial charge in [-0.1, -0.05) is 20.3 Å². The quantitative estimate of drug-likeness (QED) is 0.627. The lowest BCUT2D eigenvalue weighted by atomic mass is 10.1. The molecular weight excluding hydrogens is 388 g/mol. The predicted octanol–water partition coefficient (Wildman–Crippen LogP) is 1.19. The van der Waals surface area contributed by atoms with Gasteiger partial charge in [0.2, 0.25) is 27.7 Å². The Kier molecular flexibility index (Phi) is 9.94. The minimum Gasteiger partial charge on any atom is -0.481 e. The molecule has 1 aromatic heterocycles. The molecule has 1 aliphatic heterocycles. The lowest BCUT2D eigenvalue weighted by molar-refractivity contribution is -0.140. The molecule has 1 aromatic rings. The van der Waals surface area contributed by atoms with E-state index in [2.05, 4.69) is 24.7 Å². The van der Waals surface area contributed by atoms with Gasteiger partial charge in [-0.2, -0.15) is 9.97 Å². The molecule has 0 spiro atoms. The summed E-state index contributed by atoms with van der Waals surface area (Å²) in [6, 6.07) is 1.39. The fourth-order valence-electron chi connectivity index (χ4n) is 2.52. The molecule has 2 rings (SSSR count). The van der Waals surface area contributed by atoms with E-state index in [9.17, 15) is 13.2 Å². The Balaban J connectivity index is 0.000000552. The van der Waals surface area contributed by atoms with Gasteiger partial charge in [-0.05, 0) is 31.8 Å². The lowest BCUT2D eigenvalue weighted by Crippen LogP contribution is -2.40. The second-order valence-electron chi connectivity index (χ2n) is 6.42. The summed E-state index contributed by atoms with van der Waals surface area (Å²) in [4.78, 5) is 19.4. The van der Waals surface area contributed by atoms with Gasteiger partial charge in [0.25, 0.3) is 0 Å². The third-order valence-electron chi connectivity index (χ3n) is 3.91. The summed E-state index contributed by atoms with van der Waals surface area (Å²) in [6.07, 6.45) is 4.22. The number of anilines is 1. The van der Waals surface area contributed by atoms with Gasteiger partial charge in [-0.25, -0.2) is 8.42 Å². The number of rotatable bonds is 7. The molecule has 1 aliphatic rings. The first-order valence-electron chi connectivity index (χ1n) is 9.02. The molecule has 2 N–H and O–H groups in total. The van der Waals surface area contributed by atoms with E-state index in [1.807, 2.05) is 0 Å². The molecule has 0 aliphatic carbocycles. The first-order chi connectivity index (χ1) is 13.2. The van der Waals surface area contributed by atoms with Crippen LogP contribution in [-0.2, 0) is 19.6 Å². The second kappa shape index (κ2) is 11.6. The zero-order valence-corrected chi connectivity index (χ0v) is 17.8. The highest BCUT2D eigenvalue weighted by molar-refractivity contribution is 7.94. The molecule has 10 nitrogen and oxygen atoms in total. The molecule has 1 atom stereocenters. The van der Waals surface area contributed by atoms with Crippen molar-refractivity contribution < 1.29 is 27.4 Å². The van der Waals surface area contributed by atoms with Crippen molar-refractivity contribution in [1.29, 1.82) is 0 Å². The van der Waals surface area contributed by atoms with Crippen LogP contribution in [0.1, 0.15) is 33.1 Å². The number of carbonyl (C=O) groups excluding carboxylic acids is 1. The number of carbonyl (C=O) groups is 1. The standard InChI is InChI=1S/C12H19N3O6S.C5H11N/c1-7(2)10(11(16)21-5)22(17,18)15-12-13-8(19-3)6-9(14-12)20-4;1-2-4-6-5-3-1/h6-7,10H,1-5H3,(H,13,14,15);6H,1-5H2. The number of sulfonamides is 1. The average Bonchev–Trinajstić information content (AvgIpc) is 2.68. The van der Waals surface area contributed by atoms with Crippen LogP contribution in [0.15, 0.2) is 6.07 Å². The van der Waals surface area contributed by atoms with E-state index < -0.39 is 27.2 Å². The molecule has 28 heavy (non-hydrogen) atoms. The normalized spacial score (nSPS) is 15.1. The summed E-state index contributed by atoms with van der Waals surface area (Å²) < 4.78 is 41.3. The predicted molar refractivity (Wildman–Crippen MR) is 105 cm³/mol. The Morgan fingerprint density at radius 1 is 1.07 bits per heavy atom. The highest BCUT2D eigenvalue weighted by Gasteiger charge is 2.37. The summed E-state index contributed by atoms with van der Waals surface area (Å²) in [5.41, 5.74) is 0. The Hall–Kier alpha value is -2.14. The van der Waals surface area contributed by atoms with Crippen molar-refractivity contribution in [3.05, 3.63) is 6.07 Å². The fourth-order valence-corrected chi connectivity index (χ4v) is 4.06. The molecule has 11 heteroatoms. The van der Waals surface area contributed by atoms with E-state index in [0.717, 1.165) is 7.11 Å². The Morgan fingerprint density at radius 3 is 1.93 bits per heavy atom. The van der Waals surface area contributed by atoms with Crippen molar-refractivity contribution in [2.45, 2.75) is 38.4 Å². The van der Waals surface area contributed by atoms with Crippen molar-refractivity contribution in [2.75, 3.05) is 39.1 Å². The Morgan fingerprint density at radius 2 is 1.61 bits per heavy atom. The summed E-state index contributed by atoms with van der Waals surface area (Å²) in [7, 11) is -0.240. The first-order valence-corrected chi connectivity index (χ1v) is 10.6. The number of esters is 1. The molecule has 0 radical (unpaired) electrons. The summed E-state index contributed by atoms with van der Waals surface area (Å²) in [5, 5.41) is 1.89. The van der Waals surface area contributed by atoms with E-state index in [4.69, 9.17) is 9.47 Å². The highest BCUT2D eigenvalue weighted by Crippen LogP contribution is 2.21. The SMILES string of the molecule is C1CCNCC1.COC(=O)C(C(C)C)S(=O)(=O)Nc1nc(OC)cc(OC)n1. The third kappa shape index (κ3) is 7.47. The lowest BCUT2D eigenvalue weighted by Gasteiger charge is -2.19. The minimum atomic E-state index is -4.10. The van der Waals surface area contributed by atoms with Crippen LogP contribution in [0, 0.1) is 5.92 Å². The summed E-state index contributed by atoms with van der Waals surface area (Å²) in [6.45, 7) is 5.68. The number of nitrogens with zero attached hydrogens (tertiary/aromatic N) is 2. The largest absolute Gasteiger partial charge is 0.481 e. The second-order valence-corrected chi connectivity index (χ2v) is 8.22. The van der Waals surface area contributed by atoms with Crippen molar-refractivity contribution in [1.82, 2.24) is 15.3 Å². The van der Waals surface area contributed by atoms with Crippen LogP contribution in [-0.4, -0.2) is 64.0 Å². The number of hydrogen-bond donors (Lipinski definition) is 2. The van der Waals surface area contributed by atoms with Gasteiger partial charge in [-0.3, -0.25) is 9.52 Å². The van der Waals surface area contributed by atoms with E-state index in [1.165, 1.54) is 52.6 Å². The average molecular weight is 419 g/mol. The monoisotopic (exact) mass is 418 g/mol. The molecule has 1 fully saturated rings. The topological polar surface area (TPSA) is 129 Å². The molecule has 0 saturated carbocycles. The molecule has 0 aromatic carbocycles. The third-order valence-corrected chi connectivity index (χ3v) is 5.78. The van der Waals surface area contributed by atoms with Crippen molar-refractivity contribution >= 4 is 21.9 Å². The van der Waals surface area contributed by atoms with Crippen molar-refractivity contribution in [3.63, 3.8) is 0 Å². The van der Waals surface area contributed by atoms with Crippen LogP contribution < -0.4 is 19.5 Å². The maximum absolute atomic E-state index is 12.4. The van der Waals surface area contributed by atoms with E-state index >= 15 is 0 Å². The van der Waals surface area contributed by atoms with E-state index in [-0.39, 0.29) is 17.7 Å². The molecule has 2 heterocycles. The number of aromatic nitrogens is 2. The number of methoxy groups -OCH3 is 3. The van der Waals surface area contributed by atoms with Crippen LogP contribution in [0.2, 0.25) is 0 Å². The summed E-state index contributed by atoms with van der Waals surface area (Å²) >= 11 is 0. The molecule has 0 bridgehead atoms. The molecular formula is C17H30N4O6S. The smallest absolute Gasteiger partial charge is 0.326 e. The maximum Gasteiger partial charge on any atom is 0.326 e. The van der Waals surface area contributed by atoms with Gasteiger partial charge < -0.3 is 19.5 Å². The van der Waals surface area contributed by atoms with Crippen LogP contribution >= 0.6 is 0 Å². The van der Waals surface area contributed by atoms with Crippen LogP contribution in [0.3, 0.4) is 0 Å². The Bertz CT molecular complexity index is 689. The van der Waals surface area contributed by atoms with E-state index in [1.54, 1.807) is 13.8 Å². The minimum absolute atomic E-state index is 0.115. The van der Waals surface area contributed by atoms with Gasteiger partial charge in [0, 0.05) is 0 Å². The number of hydrogen-bond acceptors (Lipinski definition) is 9. The number of nitrogens with one attached hydrogen (secondary N) is 2. The zero-order chi connectivity index (χ0) is 21.2. The van der Waals surface area contributed by atoms with Gasteiger partial charge in [-0.15, -0.1) is 0 Å². The van der Waals surface area contributed by atoms with Gasteiger partial charge >= 0.3 is 5.97 Å². The Labute approximate surface area is 166 Å². The number of ether oxygens (including phenoxy) is 3.